The quantitative estimate of drug-likeness (QED) is 0.734. The third-order valence-corrected chi connectivity index (χ3v) is 4.22. The third-order valence-electron chi connectivity index (χ3n) is 4.22. The fourth-order valence-electron chi connectivity index (χ4n) is 2.90. The van der Waals surface area contributed by atoms with Gasteiger partial charge in [0.1, 0.15) is 17.2 Å². The van der Waals surface area contributed by atoms with E-state index in [2.05, 4.69) is 5.16 Å². The van der Waals surface area contributed by atoms with Gasteiger partial charge in [-0.05, 0) is 25.5 Å². The van der Waals surface area contributed by atoms with Crippen molar-refractivity contribution in [3.63, 3.8) is 0 Å². The molecule has 7 heteroatoms. The van der Waals surface area contributed by atoms with Crippen LogP contribution in [0.5, 0.6) is 5.75 Å². The van der Waals surface area contributed by atoms with Crippen molar-refractivity contribution in [1.29, 1.82) is 0 Å². The van der Waals surface area contributed by atoms with E-state index in [9.17, 15) is 0 Å². The van der Waals surface area contributed by atoms with Crippen LogP contribution in [-0.4, -0.2) is 40.2 Å². The Labute approximate surface area is 139 Å². The molecule has 1 aliphatic heterocycles. The van der Waals surface area contributed by atoms with Crippen LogP contribution in [0, 0.1) is 6.92 Å². The Hall–Kier alpha value is -2.67. The molecule has 1 fully saturated rings. The number of methoxy groups -OCH3 is 1. The van der Waals surface area contributed by atoms with E-state index in [0.717, 1.165) is 35.9 Å². The number of aromatic nitrogens is 4. The van der Waals surface area contributed by atoms with E-state index in [1.807, 2.05) is 31.2 Å². The fraction of sp³-hybridized carbons (Fsp3) is 0.353. The van der Waals surface area contributed by atoms with Crippen LogP contribution in [0.1, 0.15) is 23.9 Å². The summed E-state index contributed by atoms with van der Waals surface area (Å²) < 4.78 is 18.0. The van der Waals surface area contributed by atoms with Crippen LogP contribution < -0.4 is 4.74 Å². The molecule has 1 atom stereocenters. The number of rotatable bonds is 4. The summed E-state index contributed by atoms with van der Waals surface area (Å²) in [6.07, 6.45) is 2.60. The molecule has 0 saturated carbocycles. The Balaban J connectivity index is 1.89. The number of benzene rings is 1. The second kappa shape index (κ2) is 6.09. The van der Waals surface area contributed by atoms with Gasteiger partial charge in [0.05, 0.1) is 25.5 Å². The first-order valence-corrected chi connectivity index (χ1v) is 7.87. The van der Waals surface area contributed by atoms with E-state index in [1.54, 1.807) is 18.0 Å². The van der Waals surface area contributed by atoms with Gasteiger partial charge in [-0.15, -0.1) is 0 Å². The van der Waals surface area contributed by atoms with Crippen LogP contribution in [0.15, 0.2) is 35.0 Å². The van der Waals surface area contributed by atoms with Gasteiger partial charge in [0, 0.05) is 12.5 Å². The van der Waals surface area contributed by atoms with Crippen LogP contribution in [-0.2, 0) is 4.74 Å². The molecule has 0 bridgehead atoms. The van der Waals surface area contributed by atoms with Gasteiger partial charge in [0.2, 0.25) is 0 Å². The molecule has 0 unspecified atom stereocenters. The first-order chi connectivity index (χ1) is 11.8. The van der Waals surface area contributed by atoms with E-state index >= 15 is 0 Å². The number of ether oxygens (including phenoxy) is 2. The van der Waals surface area contributed by atoms with Crippen molar-refractivity contribution in [3.05, 3.63) is 42.0 Å². The summed E-state index contributed by atoms with van der Waals surface area (Å²) >= 11 is 0. The number of hydrogen-bond donors (Lipinski definition) is 0. The largest absolute Gasteiger partial charge is 0.494 e. The molecule has 4 rings (SSSR count). The summed E-state index contributed by atoms with van der Waals surface area (Å²) in [4.78, 5) is 4.76. The monoisotopic (exact) mass is 326 g/mol. The second-order valence-electron chi connectivity index (χ2n) is 5.73. The Bertz CT molecular complexity index is 849. The molecule has 0 spiro atoms. The van der Waals surface area contributed by atoms with Crippen molar-refractivity contribution in [2.75, 3.05) is 20.3 Å². The molecule has 24 heavy (non-hydrogen) atoms. The van der Waals surface area contributed by atoms with Gasteiger partial charge in [-0.2, -0.15) is 5.10 Å². The highest BCUT2D eigenvalue weighted by molar-refractivity contribution is 5.61. The van der Waals surface area contributed by atoms with E-state index < -0.39 is 0 Å². The first-order valence-electron chi connectivity index (χ1n) is 7.87. The van der Waals surface area contributed by atoms with Gasteiger partial charge < -0.3 is 14.0 Å². The fourth-order valence-corrected chi connectivity index (χ4v) is 2.90. The van der Waals surface area contributed by atoms with Gasteiger partial charge in [-0.1, -0.05) is 17.3 Å². The Morgan fingerprint density at radius 2 is 2.17 bits per heavy atom. The van der Waals surface area contributed by atoms with E-state index in [4.69, 9.17) is 24.1 Å². The molecule has 124 valence electrons. The molecular formula is C17H18N4O3. The lowest BCUT2D eigenvalue weighted by Crippen LogP contribution is -2.04. The average molecular weight is 326 g/mol. The Morgan fingerprint density at radius 3 is 2.88 bits per heavy atom. The summed E-state index contributed by atoms with van der Waals surface area (Å²) in [6.45, 7) is 3.26. The highest BCUT2D eigenvalue weighted by atomic mass is 16.5. The zero-order chi connectivity index (χ0) is 16.5. The SMILES string of the molecule is COc1ccccc1-n1nc([C@H]2CCOC2)nc1-c1cnoc1C. The molecule has 0 aliphatic carbocycles. The summed E-state index contributed by atoms with van der Waals surface area (Å²) in [7, 11) is 1.64. The molecule has 0 N–H and O–H groups in total. The zero-order valence-electron chi connectivity index (χ0n) is 13.6. The van der Waals surface area contributed by atoms with Crippen molar-refractivity contribution in [2.45, 2.75) is 19.3 Å². The standard InChI is InChI=1S/C17H18N4O3/c1-11-13(9-18-24-11)17-19-16(12-7-8-23-10-12)20-21(17)14-5-3-4-6-15(14)22-2/h3-6,9,12H,7-8,10H2,1-2H3/t12-/m0/s1. The summed E-state index contributed by atoms with van der Waals surface area (Å²) in [6, 6.07) is 7.73. The Morgan fingerprint density at radius 1 is 1.29 bits per heavy atom. The van der Waals surface area contributed by atoms with Crippen molar-refractivity contribution in [3.8, 4) is 22.8 Å². The third kappa shape index (κ3) is 2.46. The highest BCUT2D eigenvalue weighted by Gasteiger charge is 2.26. The van der Waals surface area contributed by atoms with Crippen LogP contribution in [0.3, 0.4) is 0 Å². The minimum Gasteiger partial charge on any atom is -0.494 e. The molecule has 1 aliphatic rings. The molecule has 3 aromatic rings. The summed E-state index contributed by atoms with van der Waals surface area (Å²) in [5.74, 6) is 3.11. The van der Waals surface area contributed by atoms with Crippen LogP contribution >= 0.6 is 0 Å². The van der Waals surface area contributed by atoms with E-state index in [0.29, 0.717) is 18.2 Å². The molecule has 2 aromatic heterocycles. The minimum atomic E-state index is 0.208. The van der Waals surface area contributed by atoms with Crippen molar-refractivity contribution < 1.29 is 14.0 Å². The molecular weight excluding hydrogens is 308 g/mol. The van der Waals surface area contributed by atoms with E-state index in [-0.39, 0.29) is 5.92 Å². The van der Waals surface area contributed by atoms with Crippen LogP contribution in [0.2, 0.25) is 0 Å². The first kappa shape index (κ1) is 14.9. The Kier molecular flexibility index (Phi) is 3.78. The van der Waals surface area contributed by atoms with Gasteiger partial charge in [-0.3, -0.25) is 0 Å². The summed E-state index contributed by atoms with van der Waals surface area (Å²) in [5, 5.41) is 8.61. The van der Waals surface area contributed by atoms with E-state index in [1.165, 1.54) is 0 Å². The second-order valence-corrected chi connectivity index (χ2v) is 5.73. The lowest BCUT2D eigenvalue weighted by atomic mass is 10.1. The van der Waals surface area contributed by atoms with Crippen LogP contribution in [0.25, 0.3) is 17.1 Å². The lowest BCUT2D eigenvalue weighted by Gasteiger charge is -2.09. The topological polar surface area (TPSA) is 75.2 Å². The van der Waals surface area contributed by atoms with Gasteiger partial charge in [-0.25, -0.2) is 9.67 Å². The van der Waals surface area contributed by atoms with Crippen molar-refractivity contribution in [1.82, 2.24) is 19.9 Å². The predicted octanol–water partition coefficient (Wildman–Crippen LogP) is 2.74. The maximum absolute atomic E-state index is 5.48. The average Bonchev–Trinajstić information content (AvgIpc) is 3.34. The highest BCUT2D eigenvalue weighted by Crippen LogP contribution is 2.31. The van der Waals surface area contributed by atoms with Crippen molar-refractivity contribution in [2.24, 2.45) is 0 Å². The molecule has 1 saturated heterocycles. The predicted molar refractivity (Wildman–Crippen MR) is 86.3 cm³/mol. The van der Waals surface area contributed by atoms with Crippen LogP contribution in [0.4, 0.5) is 0 Å². The number of aryl methyl sites for hydroxylation is 1. The maximum atomic E-state index is 5.48. The smallest absolute Gasteiger partial charge is 0.168 e. The zero-order valence-corrected chi connectivity index (χ0v) is 13.6. The molecule has 7 nitrogen and oxygen atoms in total. The van der Waals surface area contributed by atoms with Gasteiger partial charge in [0.25, 0.3) is 0 Å². The number of nitrogens with zero attached hydrogens (tertiary/aromatic N) is 4. The molecule has 1 aromatic carbocycles. The molecule has 3 heterocycles. The van der Waals surface area contributed by atoms with Gasteiger partial charge in [0.15, 0.2) is 11.6 Å². The molecule has 0 radical (unpaired) electrons. The maximum Gasteiger partial charge on any atom is 0.168 e. The minimum absolute atomic E-state index is 0.208. The normalized spacial score (nSPS) is 17.3. The van der Waals surface area contributed by atoms with Gasteiger partial charge >= 0.3 is 0 Å². The number of hydrogen-bond acceptors (Lipinski definition) is 6. The number of para-hydroxylation sites is 2. The summed E-state index contributed by atoms with van der Waals surface area (Å²) in [5.41, 5.74) is 1.65. The lowest BCUT2D eigenvalue weighted by molar-refractivity contribution is 0.193. The molecule has 0 amide bonds. The van der Waals surface area contributed by atoms with Crippen molar-refractivity contribution >= 4 is 0 Å².